The number of likely N-dealkylation sites (tertiary alicyclic amines) is 1. The van der Waals surface area contributed by atoms with E-state index >= 15 is 0 Å². The van der Waals surface area contributed by atoms with Crippen LogP contribution in [-0.4, -0.2) is 35.0 Å². The Balaban J connectivity index is 1.77. The Kier molecular flexibility index (Phi) is 4.05. The average Bonchev–Trinajstić information content (AvgIpc) is 3.04. The minimum Gasteiger partial charge on any atom is -0.481 e. The quantitative estimate of drug-likeness (QED) is 0.920. The van der Waals surface area contributed by atoms with E-state index in [0.29, 0.717) is 13.0 Å². The molecule has 1 aliphatic carbocycles. The van der Waals surface area contributed by atoms with Crippen molar-refractivity contribution in [1.82, 2.24) is 4.90 Å². The molecule has 0 unspecified atom stereocenters. The SMILES string of the molecule is O=C(Cc1ccccc1C(F)(F)F)N1C[C@@H]2CCC[C@@]2(C(=O)O)C1. The third-order valence-electron chi connectivity index (χ3n) is 5.31. The molecule has 3 rings (SSSR count). The number of alkyl halides is 3. The first-order chi connectivity index (χ1) is 11.2. The van der Waals surface area contributed by atoms with E-state index in [4.69, 9.17) is 0 Å². The van der Waals surface area contributed by atoms with Crippen LogP contribution in [0.5, 0.6) is 0 Å². The normalized spacial score (nSPS) is 26.5. The van der Waals surface area contributed by atoms with E-state index in [0.717, 1.165) is 18.9 Å². The number of hydrogen-bond acceptors (Lipinski definition) is 2. The molecule has 0 aromatic heterocycles. The zero-order valence-corrected chi connectivity index (χ0v) is 13.0. The van der Waals surface area contributed by atoms with Gasteiger partial charge in [-0.2, -0.15) is 13.2 Å². The summed E-state index contributed by atoms with van der Waals surface area (Å²) in [6, 6.07) is 5.01. The van der Waals surface area contributed by atoms with Crippen molar-refractivity contribution in [2.45, 2.75) is 31.9 Å². The lowest BCUT2D eigenvalue weighted by Gasteiger charge is -2.23. The van der Waals surface area contributed by atoms with E-state index in [9.17, 15) is 27.9 Å². The summed E-state index contributed by atoms with van der Waals surface area (Å²) in [6.45, 7) is 0.416. The fraction of sp³-hybridized carbons (Fsp3) is 0.529. The summed E-state index contributed by atoms with van der Waals surface area (Å²) >= 11 is 0. The largest absolute Gasteiger partial charge is 0.481 e. The predicted molar refractivity (Wildman–Crippen MR) is 79.1 cm³/mol. The number of rotatable bonds is 3. The number of carboxylic acid groups (broad SMARTS) is 1. The smallest absolute Gasteiger partial charge is 0.416 e. The van der Waals surface area contributed by atoms with Gasteiger partial charge in [0.2, 0.25) is 5.91 Å². The molecule has 1 N–H and O–H groups in total. The van der Waals surface area contributed by atoms with Gasteiger partial charge in [-0.05, 0) is 30.4 Å². The minimum absolute atomic E-state index is 0.0727. The van der Waals surface area contributed by atoms with Gasteiger partial charge in [0.1, 0.15) is 0 Å². The van der Waals surface area contributed by atoms with Crippen molar-refractivity contribution in [2.75, 3.05) is 13.1 Å². The number of nitrogens with zero attached hydrogens (tertiary/aromatic N) is 1. The van der Waals surface area contributed by atoms with Crippen LogP contribution in [-0.2, 0) is 22.2 Å². The lowest BCUT2D eigenvalue weighted by molar-refractivity contribution is -0.149. The van der Waals surface area contributed by atoms with Crippen molar-refractivity contribution >= 4 is 11.9 Å². The molecule has 1 saturated heterocycles. The first kappa shape index (κ1) is 16.8. The summed E-state index contributed by atoms with van der Waals surface area (Å²) in [4.78, 5) is 25.5. The highest BCUT2D eigenvalue weighted by Gasteiger charge is 2.55. The molecule has 0 bridgehead atoms. The second-order valence-corrected chi connectivity index (χ2v) is 6.66. The summed E-state index contributed by atoms with van der Waals surface area (Å²) in [5.74, 6) is -1.45. The Morgan fingerprint density at radius 2 is 2.00 bits per heavy atom. The zero-order valence-electron chi connectivity index (χ0n) is 13.0. The molecule has 1 heterocycles. The van der Waals surface area contributed by atoms with Crippen LogP contribution in [0.3, 0.4) is 0 Å². The number of benzene rings is 1. The van der Waals surface area contributed by atoms with Crippen LogP contribution in [0.25, 0.3) is 0 Å². The van der Waals surface area contributed by atoms with Crippen molar-refractivity contribution < 1.29 is 27.9 Å². The van der Waals surface area contributed by atoms with Crippen LogP contribution in [0.4, 0.5) is 13.2 Å². The molecule has 1 saturated carbocycles. The lowest BCUT2D eigenvalue weighted by atomic mass is 9.81. The fourth-order valence-corrected chi connectivity index (χ4v) is 4.05. The molecule has 2 fully saturated rings. The topological polar surface area (TPSA) is 57.6 Å². The third-order valence-corrected chi connectivity index (χ3v) is 5.31. The van der Waals surface area contributed by atoms with Crippen molar-refractivity contribution in [3.05, 3.63) is 35.4 Å². The van der Waals surface area contributed by atoms with Crippen LogP contribution < -0.4 is 0 Å². The minimum atomic E-state index is -4.51. The monoisotopic (exact) mass is 341 g/mol. The number of carbonyl (C=O) groups is 2. The molecule has 7 heteroatoms. The van der Waals surface area contributed by atoms with Gasteiger partial charge in [0.05, 0.1) is 17.4 Å². The summed E-state index contributed by atoms with van der Waals surface area (Å²) in [5.41, 5.74) is -1.80. The van der Waals surface area contributed by atoms with Crippen LogP contribution in [0.1, 0.15) is 30.4 Å². The van der Waals surface area contributed by atoms with E-state index in [1.54, 1.807) is 0 Å². The Morgan fingerprint density at radius 3 is 2.62 bits per heavy atom. The first-order valence-corrected chi connectivity index (χ1v) is 7.90. The maximum atomic E-state index is 13.0. The maximum absolute atomic E-state index is 13.0. The number of hydrogen-bond donors (Lipinski definition) is 1. The number of carboxylic acids is 1. The van der Waals surface area contributed by atoms with Crippen LogP contribution in [0.2, 0.25) is 0 Å². The van der Waals surface area contributed by atoms with Gasteiger partial charge < -0.3 is 10.0 Å². The number of carbonyl (C=O) groups excluding carboxylic acids is 1. The van der Waals surface area contributed by atoms with Gasteiger partial charge in [-0.1, -0.05) is 24.6 Å². The molecule has 2 aliphatic rings. The van der Waals surface area contributed by atoms with E-state index in [-0.39, 0.29) is 24.4 Å². The zero-order chi connectivity index (χ0) is 17.5. The molecule has 1 aliphatic heterocycles. The van der Waals surface area contributed by atoms with Gasteiger partial charge in [0, 0.05) is 13.1 Å². The Morgan fingerprint density at radius 1 is 1.29 bits per heavy atom. The van der Waals surface area contributed by atoms with Gasteiger partial charge in [0.15, 0.2) is 0 Å². The first-order valence-electron chi connectivity index (χ1n) is 7.90. The standard InChI is InChI=1S/C17H18F3NO3/c18-17(19,20)13-6-2-1-4-11(13)8-14(22)21-9-12-5-3-7-16(12,10-21)15(23)24/h1-2,4,6,12H,3,5,7-10H2,(H,23,24)/t12-,16+/m0/s1. The van der Waals surface area contributed by atoms with Gasteiger partial charge in [-0.15, -0.1) is 0 Å². The summed E-state index contributed by atoms with van der Waals surface area (Å²) < 4.78 is 39.1. The highest BCUT2D eigenvalue weighted by atomic mass is 19.4. The fourth-order valence-electron chi connectivity index (χ4n) is 4.05. The van der Waals surface area contributed by atoms with E-state index in [1.807, 2.05) is 0 Å². The molecule has 2 atom stereocenters. The molecule has 0 radical (unpaired) electrons. The van der Waals surface area contributed by atoms with Gasteiger partial charge in [0.25, 0.3) is 0 Å². The molecule has 1 aromatic rings. The van der Waals surface area contributed by atoms with E-state index in [2.05, 4.69) is 0 Å². The molecule has 130 valence electrons. The third kappa shape index (κ3) is 2.76. The Hall–Kier alpha value is -2.05. The van der Waals surface area contributed by atoms with Crippen LogP contribution >= 0.6 is 0 Å². The number of aliphatic carboxylic acids is 1. The second-order valence-electron chi connectivity index (χ2n) is 6.66. The average molecular weight is 341 g/mol. The molecule has 4 nitrogen and oxygen atoms in total. The summed E-state index contributed by atoms with van der Waals surface area (Å²) in [7, 11) is 0. The Bertz CT molecular complexity index is 673. The number of fused-ring (bicyclic) bond motifs is 1. The van der Waals surface area contributed by atoms with Crippen molar-refractivity contribution in [3.8, 4) is 0 Å². The van der Waals surface area contributed by atoms with Gasteiger partial charge >= 0.3 is 12.1 Å². The van der Waals surface area contributed by atoms with E-state index < -0.39 is 29.0 Å². The molecule has 0 spiro atoms. The molecule has 1 aromatic carbocycles. The second kappa shape index (κ2) is 5.79. The molecule has 1 amide bonds. The number of amides is 1. The summed E-state index contributed by atoms with van der Waals surface area (Å²) in [6.07, 6.45) is -2.79. The highest BCUT2D eigenvalue weighted by Crippen LogP contribution is 2.49. The van der Waals surface area contributed by atoms with Gasteiger partial charge in [-0.25, -0.2) is 0 Å². The molecular weight excluding hydrogens is 323 g/mol. The van der Waals surface area contributed by atoms with Crippen LogP contribution in [0, 0.1) is 11.3 Å². The lowest BCUT2D eigenvalue weighted by Crippen LogP contribution is -2.37. The predicted octanol–water partition coefficient (Wildman–Crippen LogP) is 2.96. The highest BCUT2D eigenvalue weighted by molar-refractivity contribution is 5.83. The van der Waals surface area contributed by atoms with Crippen LogP contribution in [0.15, 0.2) is 24.3 Å². The van der Waals surface area contributed by atoms with E-state index in [1.165, 1.54) is 23.1 Å². The Labute approximate surface area is 137 Å². The maximum Gasteiger partial charge on any atom is 0.416 e. The summed E-state index contributed by atoms with van der Waals surface area (Å²) in [5, 5.41) is 9.53. The number of halogens is 3. The van der Waals surface area contributed by atoms with Gasteiger partial charge in [-0.3, -0.25) is 9.59 Å². The molecular formula is C17H18F3NO3. The molecule has 24 heavy (non-hydrogen) atoms. The van der Waals surface area contributed by atoms with Crippen molar-refractivity contribution in [3.63, 3.8) is 0 Å². The van der Waals surface area contributed by atoms with Crippen molar-refractivity contribution in [2.24, 2.45) is 11.3 Å². The van der Waals surface area contributed by atoms with Crippen molar-refractivity contribution in [1.29, 1.82) is 0 Å².